The normalized spacial score (nSPS) is 25.7. The van der Waals surface area contributed by atoms with Crippen LogP contribution in [0.3, 0.4) is 0 Å². The quantitative estimate of drug-likeness (QED) is 0.946. The lowest BCUT2D eigenvalue weighted by atomic mass is 9.77. The van der Waals surface area contributed by atoms with Gasteiger partial charge in [-0.15, -0.1) is 0 Å². The van der Waals surface area contributed by atoms with E-state index < -0.39 is 0 Å². The highest BCUT2D eigenvalue weighted by Gasteiger charge is 2.37. The second-order valence-corrected chi connectivity index (χ2v) is 6.63. The zero-order valence-corrected chi connectivity index (χ0v) is 13.4. The lowest BCUT2D eigenvalue weighted by molar-refractivity contribution is 0.194. The van der Waals surface area contributed by atoms with E-state index in [1.165, 1.54) is 17.7 Å². The molecule has 0 unspecified atom stereocenters. The maximum Gasteiger partial charge on any atom is 0.251 e. The summed E-state index contributed by atoms with van der Waals surface area (Å²) in [7, 11) is 1.69. The van der Waals surface area contributed by atoms with Crippen molar-refractivity contribution in [2.45, 2.75) is 24.8 Å². The molecule has 2 aromatic rings. The fourth-order valence-corrected chi connectivity index (χ4v) is 4.21. The highest BCUT2D eigenvalue weighted by atomic mass is 16.5. The SMILES string of the molecule is COc1cccc(C[C@H]2[C@@H]3CNC[C@@H](C3)c3cccc(=O)n32)c1. The first-order valence-electron chi connectivity index (χ1n) is 8.31. The molecule has 4 nitrogen and oxygen atoms in total. The molecule has 3 atom stereocenters. The fraction of sp³-hybridized carbons (Fsp3) is 0.421. The molecule has 1 saturated heterocycles. The number of ether oxygens (including phenoxy) is 1. The van der Waals surface area contributed by atoms with E-state index in [-0.39, 0.29) is 11.6 Å². The van der Waals surface area contributed by atoms with Crippen LogP contribution in [0.1, 0.15) is 29.6 Å². The topological polar surface area (TPSA) is 43.3 Å². The van der Waals surface area contributed by atoms with Crippen LogP contribution >= 0.6 is 0 Å². The lowest BCUT2D eigenvalue weighted by Gasteiger charge is -2.43. The van der Waals surface area contributed by atoms with Crippen molar-refractivity contribution in [2.75, 3.05) is 20.2 Å². The van der Waals surface area contributed by atoms with Gasteiger partial charge in [0.15, 0.2) is 0 Å². The summed E-state index contributed by atoms with van der Waals surface area (Å²) < 4.78 is 7.39. The maximum atomic E-state index is 12.5. The number of hydrogen-bond acceptors (Lipinski definition) is 3. The molecule has 2 aliphatic heterocycles. The van der Waals surface area contributed by atoms with Crippen molar-refractivity contribution in [3.63, 3.8) is 0 Å². The highest BCUT2D eigenvalue weighted by molar-refractivity contribution is 5.30. The molecule has 1 fully saturated rings. The van der Waals surface area contributed by atoms with Crippen molar-refractivity contribution in [1.82, 2.24) is 9.88 Å². The molecule has 4 heteroatoms. The van der Waals surface area contributed by atoms with E-state index in [4.69, 9.17) is 4.74 Å². The van der Waals surface area contributed by atoms with E-state index in [0.717, 1.165) is 25.3 Å². The smallest absolute Gasteiger partial charge is 0.251 e. The van der Waals surface area contributed by atoms with Gasteiger partial charge in [0.25, 0.3) is 5.56 Å². The lowest BCUT2D eigenvalue weighted by Crippen LogP contribution is -2.48. The van der Waals surface area contributed by atoms with Crippen LogP contribution in [0.4, 0.5) is 0 Å². The van der Waals surface area contributed by atoms with E-state index >= 15 is 0 Å². The Bertz CT molecular complexity index is 768. The number of fused-ring (bicyclic) bond motifs is 4. The first-order chi connectivity index (χ1) is 11.3. The minimum atomic E-state index is 0.131. The van der Waals surface area contributed by atoms with Crippen molar-refractivity contribution in [3.05, 3.63) is 64.1 Å². The summed E-state index contributed by atoms with van der Waals surface area (Å²) in [5.41, 5.74) is 2.54. The predicted molar refractivity (Wildman–Crippen MR) is 90.2 cm³/mol. The first kappa shape index (κ1) is 14.5. The third-order valence-corrected chi connectivity index (χ3v) is 5.28. The van der Waals surface area contributed by atoms with E-state index in [2.05, 4.69) is 28.1 Å². The Balaban J connectivity index is 1.75. The van der Waals surface area contributed by atoms with Gasteiger partial charge in [0.1, 0.15) is 5.75 Å². The first-order valence-corrected chi connectivity index (χ1v) is 8.31. The van der Waals surface area contributed by atoms with Crippen molar-refractivity contribution in [3.8, 4) is 5.75 Å². The molecule has 23 heavy (non-hydrogen) atoms. The van der Waals surface area contributed by atoms with E-state index in [9.17, 15) is 4.79 Å². The average molecular weight is 310 g/mol. The standard InChI is InChI=1S/C19H22N2O2/c1-23-16-5-2-4-13(8-16)9-18-15-10-14(11-20-12-15)17-6-3-7-19(22)21(17)18/h2-8,14-15,18,20H,9-12H2,1H3/t14-,15+,18+/m1/s1. The van der Waals surface area contributed by atoms with Gasteiger partial charge in [0.2, 0.25) is 0 Å². The van der Waals surface area contributed by atoms with E-state index in [0.29, 0.717) is 11.8 Å². The number of pyridine rings is 1. The number of hydrogen-bond donors (Lipinski definition) is 1. The van der Waals surface area contributed by atoms with E-state index in [1.807, 2.05) is 18.2 Å². The Kier molecular flexibility index (Phi) is 3.69. The molecule has 1 N–H and O–H groups in total. The van der Waals surface area contributed by atoms with Crippen LogP contribution < -0.4 is 15.6 Å². The number of aromatic nitrogens is 1. The molecule has 0 spiro atoms. The summed E-state index contributed by atoms with van der Waals surface area (Å²) in [4.78, 5) is 12.5. The molecule has 1 aromatic carbocycles. The molecule has 120 valence electrons. The van der Waals surface area contributed by atoms with Gasteiger partial charge in [-0.3, -0.25) is 4.79 Å². The molecule has 0 saturated carbocycles. The number of nitrogens with zero attached hydrogens (tertiary/aromatic N) is 1. The van der Waals surface area contributed by atoms with Crippen molar-refractivity contribution in [2.24, 2.45) is 5.92 Å². The van der Waals surface area contributed by atoms with Gasteiger partial charge in [0, 0.05) is 30.3 Å². The van der Waals surface area contributed by atoms with Crippen LogP contribution in [0.5, 0.6) is 5.75 Å². The Hall–Kier alpha value is -2.07. The molecule has 0 amide bonds. The van der Waals surface area contributed by atoms with Crippen LogP contribution in [-0.2, 0) is 6.42 Å². The summed E-state index contributed by atoms with van der Waals surface area (Å²) in [6, 6.07) is 14.1. The van der Waals surface area contributed by atoms with Gasteiger partial charge in [-0.1, -0.05) is 18.2 Å². The van der Waals surface area contributed by atoms with Crippen molar-refractivity contribution in [1.29, 1.82) is 0 Å². The summed E-state index contributed by atoms with van der Waals surface area (Å²) in [5.74, 6) is 1.84. The molecule has 3 heterocycles. The zero-order chi connectivity index (χ0) is 15.8. The Morgan fingerprint density at radius 2 is 2.09 bits per heavy atom. The number of methoxy groups -OCH3 is 1. The van der Waals surface area contributed by atoms with Gasteiger partial charge in [-0.05, 0) is 49.1 Å². The molecule has 1 aromatic heterocycles. The number of rotatable bonds is 3. The number of nitrogens with one attached hydrogen (secondary N) is 1. The van der Waals surface area contributed by atoms with Crippen LogP contribution in [0, 0.1) is 5.92 Å². The average Bonchev–Trinajstić information content (AvgIpc) is 2.59. The molecular formula is C19H22N2O2. The van der Waals surface area contributed by atoms with Gasteiger partial charge >= 0.3 is 0 Å². The van der Waals surface area contributed by atoms with Crippen molar-refractivity contribution < 1.29 is 4.74 Å². The van der Waals surface area contributed by atoms with Crippen LogP contribution in [0.15, 0.2) is 47.3 Å². The monoisotopic (exact) mass is 310 g/mol. The molecule has 2 aliphatic rings. The Morgan fingerprint density at radius 1 is 1.22 bits per heavy atom. The molecule has 4 rings (SSSR count). The van der Waals surface area contributed by atoms with Crippen LogP contribution in [0.2, 0.25) is 0 Å². The van der Waals surface area contributed by atoms with E-state index in [1.54, 1.807) is 13.2 Å². The summed E-state index contributed by atoms with van der Waals surface area (Å²) in [6.45, 7) is 1.97. The minimum Gasteiger partial charge on any atom is -0.497 e. The zero-order valence-electron chi connectivity index (χ0n) is 13.4. The second kappa shape index (κ2) is 5.85. The Labute approximate surface area is 136 Å². The summed E-state index contributed by atoms with van der Waals surface area (Å²) >= 11 is 0. The third kappa shape index (κ3) is 2.57. The maximum absolute atomic E-state index is 12.5. The highest BCUT2D eigenvalue weighted by Crippen LogP contribution is 2.40. The van der Waals surface area contributed by atoms with Gasteiger partial charge < -0.3 is 14.6 Å². The van der Waals surface area contributed by atoms with Crippen molar-refractivity contribution >= 4 is 0 Å². The van der Waals surface area contributed by atoms with Gasteiger partial charge in [0.05, 0.1) is 7.11 Å². The van der Waals surface area contributed by atoms with Gasteiger partial charge in [-0.25, -0.2) is 0 Å². The third-order valence-electron chi connectivity index (χ3n) is 5.28. The minimum absolute atomic E-state index is 0.131. The Morgan fingerprint density at radius 3 is 2.96 bits per heavy atom. The molecule has 0 radical (unpaired) electrons. The predicted octanol–water partition coefficient (Wildman–Crippen LogP) is 2.35. The number of piperidine rings is 1. The van der Waals surface area contributed by atoms with Gasteiger partial charge in [-0.2, -0.15) is 0 Å². The molecule has 0 aliphatic carbocycles. The largest absolute Gasteiger partial charge is 0.497 e. The summed E-state index contributed by atoms with van der Waals surface area (Å²) in [6.07, 6.45) is 2.04. The number of benzene rings is 1. The molecule has 2 bridgehead atoms. The summed E-state index contributed by atoms with van der Waals surface area (Å²) in [5, 5.41) is 3.55. The fourth-order valence-electron chi connectivity index (χ4n) is 4.21. The molecular weight excluding hydrogens is 288 g/mol. The van der Waals surface area contributed by atoms with Crippen LogP contribution in [-0.4, -0.2) is 24.8 Å². The second-order valence-electron chi connectivity index (χ2n) is 6.63. The van der Waals surface area contributed by atoms with Crippen LogP contribution in [0.25, 0.3) is 0 Å².